The molecule has 0 saturated carbocycles. The fraction of sp³-hybridized carbons (Fsp3) is 0.714. The Morgan fingerprint density at radius 3 is 2.56 bits per heavy atom. The maximum atomic E-state index is 5.31. The molecule has 0 amide bonds. The van der Waals surface area contributed by atoms with Crippen LogP contribution >= 0.6 is 0 Å². The highest BCUT2D eigenvalue weighted by molar-refractivity contribution is 5.01. The summed E-state index contributed by atoms with van der Waals surface area (Å²) in [6, 6.07) is 0. The van der Waals surface area contributed by atoms with E-state index >= 15 is 0 Å². The summed E-state index contributed by atoms with van der Waals surface area (Å²) in [5.74, 6) is 0. The van der Waals surface area contributed by atoms with Crippen molar-refractivity contribution in [1.29, 1.82) is 0 Å². The molecule has 2 nitrogen and oxygen atoms in total. The average molecular weight is 128 g/mol. The van der Waals surface area contributed by atoms with E-state index in [1.807, 2.05) is 20.8 Å². The zero-order valence-corrected chi connectivity index (χ0v) is 6.05. The molecule has 0 spiro atoms. The number of hydrogen-bond donors (Lipinski definition) is 0. The molecule has 2 heteroatoms. The lowest BCUT2D eigenvalue weighted by Gasteiger charge is -2.24. The fourth-order valence-electron chi connectivity index (χ4n) is 0.726. The predicted octanol–water partition coefficient (Wildman–Crippen LogP) is 1.67. The van der Waals surface area contributed by atoms with Crippen molar-refractivity contribution >= 4 is 0 Å². The summed E-state index contributed by atoms with van der Waals surface area (Å²) in [4.78, 5) is 0. The van der Waals surface area contributed by atoms with Crippen molar-refractivity contribution in [2.45, 2.75) is 33.2 Å². The highest BCUT2D eigenvalue weighted by atomic mass is 16.7. The summed E-state index contributed by atoms with van der Waals surface area (Å²) in [6.07, 6.45) is 1.90. The van der Waals surface area contributed by atoms with Crippen LogP contribution in [0.4, 0.5) is 0 Å². The molecule has 52 valence electrons. The molecular formula is C7H12O2. The van der Waals surface area contributed by atoms with Gasteiger partial charge in [-0.25, -0.2) is 0 Å². The molecule has 9 heavy (non-hydrogen) atoms. The van der Waals surface area contributed by atoms with E-state index in [9.17, 15) is 0 Å². The van der Waals surface area contributed by atoms with E-state index in [1.165, 1.54) is 0 Å². The first kappa shape index (κ1) is 6.62. The summed E-state index contributed by atoms with van der Waals surface area (Å²) in [5.41, 5.74) is 1.15. The highest BCUT2D eigenvalue weighted by Gasteiger charge is 2.14. The van der Waals surface area contributed by atoms with Crippen LogP contribution in [-0.2, 0) is 9.47 Å². The van der Waals surface area contributed by atoms with Gasteiger partial charge in [0.25, 0.3) is 0 Å². The van der Waals surface area contributed by atoms with Gasteiger partial charge in [0.1, 0.15) is 0 Å². The number of hydrogen-bond acceptors (Lipinski definition) is 2. The van der Waals surface area contributed by atoms with Crippen LogP contribution in [0.5, 0.6) is 0 Å². The maximum Gasteiger partial charge on any atom is 0.196 e. The Balaban J connectivity index is 2.56. The lowest BCUT2D eigenvalue weighted by atomic mass is 10.2. The molecule has 0 aliphatic carbocycles. The summed E-state index contributed by atoms with van der Waals surface area (Å²) in [6.45, 7) is 5.90. The molecule has 0 saturated heterocycles. The van der Waals surface area contributed by atoms with Crippen molar-refractivity contribution in [3.63, 3.8) is 0 Å². The van der Waals surface area contributed by atoms with Crippen LogP contribution in [0.1, 0.15) is 20.8 Å². The monoisotopic (exact) mass is 128 g/mol. The Hall–Kier alpha value is -0.500. The molecule has 1 heterocycles. The van der Waals surface area contributed by atoms with Crippen molar-refractivity contribution in [2.24, 2.45) is 0 Å². The van der Waals surface area contributed by atoms with Crippen molar-refractivity contribution in [3.05, 3.63) is 11.8 Å². The van der Waals surface area contributed by atoms with Crippen molar-refractivity contribution in [3.8, 4) is 0 Å². The molecule has 0 aromatic carbocycles. The third-order valence-corrected chi connectivity index (χ3v) is 1.48. The summed E-state index contributed by atoms with van der Waals surface area (Å²) < 4.78 is 10.4. The molecule has 2 atom stereocenters. The van der Waals surface area contributed by atoms with Gasteiger partial charge in [0, 0.05) is 0 Å². The molecule has 0 aromatic rings. The zero-order chi connectivity index (χ0) is 6.85. The van der Waals surface area contributed by atoms with Gasteiger partial charge in [0.2, 0.25) is 0 Å². The Morgan fingerprint density at radius 1 is 1.44 bits per heavy atom. The van der Waals surface area contributed by atoms with Gasteiger partial charge in [0.15, 0.2) is 6.29 Å². The Bertz CT molecular complexity index is 129. The lowest BCUT2D eigenvalue weighted by Crippen LogP contribution is -2.23. The van der Waals surface area contributed by atoms with Gasteiger partial charge in [0.05, 0.1) is 12.4 Å². The van der Waals surface area contributed by atoms with Gasteiger partial charge < -0.3 is 9.47 Å². The highest BCUT2D eigenvalue weighted by Crippen LogP contribution is 2.14. The van der Waals surface area contributed by atoms with E-state index in [4.69, 9.17) is 9.47 Å². The van der Waals surface area contributed by atoms with E-state index in [-0.39, 0.29) is 12.4 Å². The maximum absolute atomic E-state index is 5.31. The SMILES string of the molecule is CC1=COC(C)OC1C. The first-order valence-electron chi connectivity index (χ1n) is 3.17. The Morgan fingerprint density at radius 2 is 2.11 bits per heavy atom. The second kappa shape index (κ2) is 2.40. The van der Waals surface area contributed by atoms with E-state index in [2.05, 4.69) is 0 Å². The first-order valence-corrected chi connectivity index (χ1v) is 3.17. The van der Waals surface area contributed by atoms with Crippen LogP contribution in [-0.4, -0.2) is 12.4 Å². The Kier molecular flexibility index (Phi) is 1.76. The van der Waals surface area contributed by atoms with E-state index in [1.54, 1.807) is 6.26 Å². The minimum absolute atomic E-state index is 0.0799. The van der Waals surface area contributed by atoms with Crippen LogP contribution in [0.2, 0.25) is 0 Å². The molecule has 0 fully saturated rings. The largest absolute Gasteiger partial charge is 0.473 e. The van der Waals surface area contributed by atoms with Gasteiger partial charge in [-0.1, -0.05) is 0 Å². The van der Waals surface area contributed by atoms with Crippen molar-refractivity contribution < 1.29 is 9.47 Å². The number of rotatable bonds is 0. The van der Waals surface area contributed by atoms with Crippen molar-refractivity contribution in [1.82, 2.24) is 0 Å². The molecule has 2 unspecified atom stereocenters. The quantitative estimate of drug-likeness (QED) is 0.494. The standard InChI is InChI=1S/C7H12O2/c1-5-4-8-7(3)9-6(5)2/h4,6-7H,1-3H3. The van der Waals surface area contributed by atoms with E-state index in [0.717, 1.165) is 5.57 Å². The lowest BCUT2D eigenvalue weighted by molar-refractivity contribution is -0.131. The van der Waals surface area contributed by atoms with Crippen LogP contribution in [0.3, 0.4) is 0 Å². The van der Waals surface area contributed by atoms with Gasteiger partial charge in [-0.05, 0) is 26.3 Å². The molecule has 1 aliphatic rings. The summed E-state index contributed by atoms with van der Waals surface area (Å²) in [7, 11) is 0. The molecular weight excluding hydrogens is 116 g/mol. The van der Waals surface area contributed by atoms with E-state index in [0.29, 0.717) is 0 Å². The predicted molar refractivity (Wildman–Crippen MR) is 34.9 cm³/mol. The molecule has 1 aliphatic heterocycles. The first-order chi connectivity index (χ1) is 4.20. The van der Waals surface area contributed by atoms with Gasteiger partial charge in [-0.3, -0.25) is 0 Å². The Labute approximate surface area is 55.5 Å². The van der Waals surface area contributed by atoms with Crippen LogP contribution in [0.25, 0.3) is 0 Å². The minimum atomic E-state index is -0.0799. The van der Waals surface area contributed by atoms with Crippen molar-refractivity contribution in [2.75, 3.05) is 0 Å². The van der Waals surface area contributed by atoms with Crippen LogP contribution in [0, 0.1) is 0 Å². The second-order valence-corrected chi connectivity index (χ2v) is 2.34. The average Bonchev–Trinajstić information content (AvgIpc) is 1.80. The van der Waals surface area contributed by atoms with Crippen LogP contribution in [0.15, 0.2) is 11.8 Å². The molecule has 0 aromatic heterocycles. The van der Waals surface area contributed by atoms with Crippen LogP contribution < -0.4 is 0 Å². The molecule has 1 rings (SSSR count). The smallest absolute Gasteiger partial charge is 0.196 e. The van der Waals surface area contributed by atoms with Gasteiger partial charge >= 0.3 is 0 Å². The normalized spacial score (nSPS) is 35.2. The summed E-state index contributed by atoms with van der Waals surface area (Å²) in [5, 5.41) is 0. The minimum Gasteiger partial charge on any atom is -0.473 e. The molecule has 0 N–H and O–H groups in total. The second-order valence-electron chi connectivity index (χ2n) is 2.34. The third-order valence-electron chi connectivity index (χ3n) is 1.48. The summed E-state index contributed by atoms with van der Waals surface area (Å²) >= 11 is 0. The fourth-order valence-corrected chi connectivity index (χ4v) is 0.726. The van der Waals surface area contributed by atoms with E-state index < -0.39 is 0 Å². The topological polar surface area (TPSA) is 18.5 Å². The molecule has 0 radical (unpaired) electrons. The molecule has 0 bridgehead atoms. The number of ether oxygens (including phenoxy) is 2. The van der Waals surface area contributed by atoms with Gasteiger partial charge in [-0.2, -0.15) is 0 Å². The zero-order valence-electron chi connectivity index (χ0n) is 6.05. The third kappa shape index (κ3) is 1.45. The van der Waals surface area contributed by atoms with Gasteiger partial charge in [-0.15, -0.1) is 0 Å².